The zero-order valence-electron chi connectivity index (χ0n) is 15.8. The Labute approximate surface area is 164 Å². The summed E-state index contributed by atoms with van der Waals surface area (Å²) in [4.78, 5) is 28.0. The average molecular weight is 370 g/mol. The molecule has 0 saturated heterocycles. The van der Waals surface area contributed by atoms with Crippen molar-refractivity contribution in [2.45, 2.75) is 26.1 Å². The minimum atomic E-state index is -0.619. The second-order valence-corrected chi connectivity index (χ2v) is 7.06. The summed E-state index contributed by atoms with van der Waals surface area (Å²) >= 11 is 0. The molecule has 0 aromatic heterocycles. The zero-order chi connectivity index (χ0) is 19.5. The molecule has 1 aliphatic heterocycles. The molecule has 28 heavy (non-hydrogen) atoms. The van der Waals surface area contributed by atoms with E-state index in [4.69, 9.17) is 0 Å². The number of carbonyl (C=O) groups is 2. The van der Waals surface area contributed by atoms with Crippen molar-refractivity contribution in [2.75, 3.05) is 0 Å². The van der Waals surface area contributed by atoms with Gasteiger partial charge < -0.3 is 10.2 Å². The Kier molecular flexibility index (Phi) is 4.94. The molecule has 3 aromatic rings. The van der Waals surface area contributed by atoms with Crippen molar-refractivity contribution in [3.05, 3.63) is 107 Å². The highest BCUT2D eigenvalue weighted by Crippen LogP contribution is 2.36. The third kappa shape index (κ3) is 3.41. The smallest absolute Gasteiger partial charge is 0.255 e. The van der Waals surface area contributed by atoms with Gasteiger partial charge in [-0.05, 0) is 29.2 Å². The molecule has 0 bridgehead atoms. The summed E-state index contributed by atoms with van der Waals surface area (Å²) in [6, 6.07) is 24.7. The first-order valence-corrected chi connectivity index (χ1v) is 9.41. The number of aryl methyl sites for hydroxylation is 1. The highest BCUT2D eigenvalue weighted by Gasteiger charge is 2.41. The molecular formula is C24H22N2O2. The van der Waals surface area contributed by atoms with Gasteiger partial charge in [0.2, 0.25) is 5.91 Å². The van der Waals surface area contributed by atoms with E-state index in [2.05, 4.69) is 5.32 Å². The lowest BCUT2D eigenvalue weighted by Crippen LogP contribution is -2.38. The van der Waals surface area contributed by atoms with Crippen LogP contribution in [-0.2, 0) is 17.9 Å². The van der Waals surface area contributed by atoms with Crippen molar-refractivity contribution in [2.24, 2.45) is 0 Å². The Morgan fingerprint density at radius 1 is 0.893 bits per heavy atom. The maximum absolute atomic E-state index is 13.2. The second-order valence-electron chi connectivity index (χ2n) is 7.06. The van der Waals surface area contributed by atoms with Crippen LogP contribution in [0.3, 0.4) is 0 Å². The van der Waals surface area contributed by atoms with Crippen molar-refractivity contribution >= 4 is 11.8 Å². The summed E-state index contributed by atoms with van der Waals surface area (Å²) < 4.78 is 0. The van der Waals surface area contributed by atoms with Gasteiger partial charge in [0.15, 0.2) is 0 Å². The molecule has 4 rings (SSSR count). The minimum Gasteiger partial charge on any atom is -0.350 e. The van der Waals surface area contributed by atoms with Crippen molar-refractivity contribution < 1.29 is 9.59 Å². The molecule has 0 spiro atoms. The maximum atomic E-state index is 13.2. The highest BCUT2D eigenvalue weighted by molar-refractivity contribution is 6.05. The SMILES string of the molecule is Cc1cccc2c1C(=O)N(Cc1ccccc1)C2C(=O)NCc1ccccc1. The number of hydrogen-bond acceptors (Lipinski definition) is 2. The van der Waals surface area contributed by atoms with Gasteiger partial charge in [-0.3, -0.25) is 9.59 Å². The normalized spacial score (nSPS) is 15.4. The molecule has 0 fully saturated rings. The lowest BCUT2D eigenvalue weighted by Gasteiger charge is -2.25. The van der Waals surface area contributed by atoms with E-state index < -0.39 is 6.04 Å². The monoisotopic (exact) mass is 370 g/mol. The number of rotatable bonds is 5. The number of carbonyl (C=O) groups excluding carboxylic acids is 2. The predicted octanol–water partition coefficient (Wildman–Crippen LogP) is 4.01. The van der Waals surface area contributed by atoms with Crippen LogP contribution in [-0.4, -0.2) is 16.7 Å². The van der Waals surface area contributed by atoms with Crippen molar-refractivity contribution in [1.82, 2.24) is 10.2 Å². The van der Waals surface area contributed by atoms with Crippen LogP contribution in [0.25, 0.3) is 0 Å². The van der Waals surface area contributed by atoms with E-state index in [1.165, 1.54) is 0 Å². The minimum absolute atomic E-state index is 0.0863. The largest absolute Gasteiger partial charge is 0.350 e. The van der Waals surface area contributed by atoms with E-state index in [9.17, 15) is 9.59 Å². The molecule has 1 heterocycles. The van der Waals surface area contributed by atoms with Gasteiger partial charge in [-0.2, -0.15) is 0 Å². The molecule has 4 nitrogen and oxygen atoms in total. The Morgan fingerprint density at radius 3 is 2.21 bits per heavy atom. The topological polar surface area (TPSA) is 49.4 Å². The van der Waals surface area contributed by atoms with Gasteiger partial charge in [0.1, 0.15) is 6.04 Å². The number of nitrogens with one attached hydrogen (secondary N) is 1. The van der Waals surface area contributed by atoms with E-state index in [1.807, 2.05) is 85.8 Å². The Bertz CT molecular complexity index is 1000. The Morgan fingerprint density at radius 2 is 1.54 bits per heavy atom. The van der Waals surface area contributed by atoms with E-state index >= 15 is 0 Å². The third-order valence-corrected chi connectivity index (χ3v) is 5.14. The fraction of sp³-hybridized carbons (Fsp3) is 0.167. The summed E-state index contributed by atoms with van der Waals surface area (Å²) in [7, 11) is 0. The molecule has 0 radical (unpaired) electrons. The summed E-state index contributed by atoms with van der Waals surface area (Å²) in [6.45, 7) is 2.75. The maximum Gasteiger partial charge on any atom is 0.255 e. The van der Waals surface area contributed by atoms with Crippen molar-refractivity contribution in [3.8, 4) is 0 Å². The molecule has 1 N–H and O–H groups in total. The molecule has 140 valence electrons. The fourth-order valence-corrected chi connectivity index (χ4v) is 3.75. The van der Waals surface area contributed by atoms with Crippen molar-refractivity contribution in [3.63, 3.8) is 0 Å². The Hall–Kier alpha value is -3.40. The molecule has 2 amide bonds. The van der Waals surface area contributed by atoms with Gasteiger partial charge in [0.25, 0.3) is 5.91 Å². The molecule has 0 aliphatic carbocycles. The lowest BCUT2D eigenvalue weighted by molar-refractivity contribution is -0.125. The number of benzene rings is 3. The van der Waals surface area contributed by atoms with Gasteiger partial charge in [-0.1, -0.05) is 78.9 Å². The molecule has 4 heteroatoms. The van der Waals surface area contributed by atoms with E-state index in [0.29, 0.717) is 18.7 Å². The number of amides is 2. The second kappa shape index (κ2) is 7.69. The predicted molar refractivity (Wildman–Crippen MR) is 109 cm³/mol. The average Bonchev–Trinajstić information content (AvgIpc) is 3.01. The summed E-state index contributed by atoms with van der Waals surface area (Å²) in [5.41, 5.74) is 4.37. The van der Waals surface area contributed by atoms with Crippen molar-refractivity contribution in [1.29, 1.82) is 0 Å². The quantitative estimate of drug-likeness (QED) is 0.738. The van der Waals surface area contributed by atoms with E-state index in [0.717, 1.165) is 22.3 Å². The molecule has 1 aliphatic rings. The lowest BCUT2D eigenvalue weighted by atomic mass is 10.00. The van der Waals surface area contributed by atoms with Crippen LogP contribution in [0.1, 0.15) is 38.7 Å². The molecule has 0 saturated carbocycles. The molecule has 1 atom stereocenters. The van der Waals surface area contributed by atoms with E-state index in [1.54, 1.807) is 4.90 Å². The van der Waals surface area contributed by atoms with Gasteiger partial charge in [0, 0.05) is 18.7 Å². The summed E-state index contributed by atoms with van der Waals surface area (Å²) in [6.07, 6.45) is 0. The van der Waals surface area contributed by atoms with Gasteiger partial charge in [-0.15, -0.1) is 0 Å². The summed E-state index contributed by atoms with van der Waals surface area (Å²) in [5.74, 6) is -0.241. The Balaban J connectivity index is 1.63. The summed E-state index contributed by atoms with van der Waals surface area (Å²) in [5, 5.41) is 3.00. The first-order chi connectivity index (χ1) is 13.6. The van der Waals surface area contributed by atoms with Crippen LogP contribution >= 0.6 is 0 Å². The zero-order valence-corrected chi connectivity index (χ0v) is 15.8. The van der Waals surface area contributed by atoms with Crippen LogP contribution in [0.5, 0.6) is 0 Å². The first-order valence-electron chi connectivity index (χ1n) is 9.41. The molecular weight excluding hydrogens is 348 g/mol. The van der Waals surface area contributed by atoms with Crippen LogP contribution < -0.4 is 5.32 Å². The third-order valence-electron chi connectivity index (χ3n) is 5.14. The van der Waals surface area contributed by atoms with Gasteiger partial charge in [0.05, 0.1) is 0 Å². The number of hydrogen-bond donors (Lipinski definition) is 1. The van der Waals surface area contributed by atoms with Crippen LogP contribution in [0.2, 0.25) is 0 Å². The molecule has 1 unspecified atom stereocenters. The van der Waals surface area contributed by atoms with Gasteiger partial charge >= 0.3 is 0 Å². The first kappa shape index (κ1) is 18.0. The van der Waals surface area contributed by atoms with Crippen LogP contribution in [0.15, 0.2) is 78.9 Å². The molecule has 3 aromatic carbocycles. The van der Waals surface area contributed by atoms with Gasteiger partial charge in [-0.25, -0.2) is 0 Å². The van der Waals surface area contributed by atoms with Crippen LogP contribution in [0, 0.1) is 6.92 Å². The fourth-order valence-electron chi connectivity index (χ4n) is 3.75. The van der Waals surface area contributed by atoms with E-state index in [-0.39, 0.29) is 11.8 Å². The number of fused-ring (bicyclic) bond motifs is 1. The highest BCUT2D eigenvalue weighted by atomic mass is 16.2. The standard InChI is InChI=1S/C24H22N2O2/c1-17-9-8-14-20-21(17)24(28)26(16-19-12-6-3-7-13-19)22(20)23(27)25-15-18-10-4-2-5-11-18/h2-14,22H,15-16H2,1H3,(H,25,27). The number of nitrogens with zero attached hydrogens (tertiary/aromatic N) is 1. The van der Waals surface area contributed by atoms with Crippen LogP contribution in [0.4, 0.5) is 0 Å².